The number of furan rings is 1. The predicted octanol–water partition coefficient (Wildman–Crippen LogP) is 3.61. The summed E-state index contributed by atoms with van der Waals surface area (Å²) in [7, 11) is 0. The van der Waals surface area contributed by atoms with Gasteiger partial charge < -0.3 is 14.6 Å². The van der Waals surface area contributed by atoms with Crippen molar-refractivity contribution in [2.24, 2.45) is 0 Å². The molecule has 1 amide bonds. The fourth-order valence-corrected chi connectivity index (χ4v) is 4.39. The van der Waals surface area contributed by atoms with E-state index in [-0.39, 0.29) is 5.91 Å². The molecule has 6 nitrogen and oxygen atoms in total. The summed E-state index contributed by atoms with van der Waals surface area (Å²) in [4.78, 5) is 21.7. The van der Waals surface area contributed by atoms with Crippen molar-refractivity contribution < 1.29 is 9.21 Å². The number of hydrogen-bond donors (Lipinski definition) is 1. The average molecular weight is 411 g/mol. The number of anilines is 1. The molecule has 0 spiro atoms. The van der Waals surface area contributed by atoms with Crippen LogP contribution in [-0.4, -0.2) is 42.0 Å². The highest BCUT2D eigenvalue weighted by molar-refractivity contribution is 7.09. The summed E-state index contributed by atoms with van der Waals surface area (Å²) in [6.45, 7) is 9.53. The van der Waals surface area contributed by atoms with E-state index < -0.39 is 0 Å². The zero-order valence-corrected chi connectivity index (χ0v) is 17.7. The summed E-state index contributed by atoms with van der Waals surface area (Å²) in [5.41, 5.74) is 4.52. The number of amides is 1. The molecule has 1 N–H and O–H groups in total. The normalized spacial score (nSPS) is 14.9. The fourth-order valence-electron chi connectivity index (χ4n) is 3.58. The molecule has 152 valence electrons. The van der Waals surface area contributed by atoms with Gasteiger partial charge in [0, 0.05) is 37.2 Å². The molecule has 1 saturated heterocycles. The molecule has 1 aromatic carbocycles. The van der Waals surface area contributed by atoms with Crippen LogP contribution in [0.1, 0.15) is 32.4 Å². The Morgan fingerprint density at radius 1 is 1.17 bits per heavy atom. The first-order valence-electron chi connectivity index (χ1n) is 9.88. The third kappa shape index (κ3) is 4.68. The summed E-state index contributed by atoms with van der Waals surface area (Å²) in [6, 6.07) is 10.2. The number of nitrogens with one attached hydrogen (secondary N) is 1. The number of aryl methyl sites for hydroxylation is 1. The molecule has 2 aromatic heterocycles. The van der Waals surface area contributed by atoms with Crippen LogP contribution in [0.2, 0.25) is 0 Å². The first-order valence-corrected chi connectivity index (χ1v) is 10.8. The molecule has 3 aromatic rings. The topological polar surface area (TPSA) is 61.6 Å². The van der Waals surface area contributed by atoms with Crippen molar-refractivity contribution >= 4 is 22.9 Å². The van der Waals surface area contributed by atoms with E-state index in [4.69, 9.17) is 4.42 Å². The molecule has 0 bridgehead atoms. The highest BCUT2D eigenvalue weighted by Gasteiger charge is 2.20. The van der Waals surface area contributed by atoms with E-state index in [9.17, 15) is 4.79 Å². The third-order valence-electron chi connectivity index (χ3n) is 5.44. The fraction of sp³-hybridized carbons (Fsp3) is 0.364. The third-order valence-corrected chi connectivity index (χ3v) is 6.27. The van der Waals surface area contributed by atoms with Crippen LogP contribution in [0.3, 0.4) is 0 Å². The Balaban J connectivity index is 1.28. The van der Waals surface area contributed by atoms with Gasteiger partial charge >= 0.3 is 0 Å². The lowest BCUT2D eigenvalue weighted by Gasteiger charge is -2.36. The Labute approximate surface area is 175 Å². The highest BCUT2D eigenvalue weighted by Crippen LogP contribution is 2.24. The van der Waals surface area contributed by atoms with E-state index in [1.54, 1.807) is 17.6 Å². The molecule has 0 radical (unpaired) electrons. The van der Waals surface area contributed by atoms with Gasteiger partial charge in [0.25, 0.3) is 5.91 Å². The first-order chi connectivity index (χ1) is 14.1. The lowest BCUT2D eigenvalue weighted by atomic mass is 10.1. The van der Waals surface area contributed by atoms with Gasteiger partial charge in [-0.3, -0.25) is 9.69 Å². The summed E-state index contributed by atoms with van der Waals surface area (Å²) in [5, 5.41) is 5.66. The van der Waals surface area contributed by atoms with Gasteiger partial charge in [-0.25, -0.2) is 4.98 Å². The quantitative estimate of drug-likeness (QED) is 0.673. The molecule has 0 saturated carbocycles. The Hall–Kier alpha value is -2.64. The van der Waals surface area contributed by atoms with Crippen molar-refractivity contribution in [3.05, 3.63) is 69.6 Å². The van der Waals surface area contributed by atoms with E-state index >= 15 is 0 Å². The maximum Gasteiger partial charge on any atom is 0.271 e. The molecule has 1 aliphatic heterocycles. The van der Waals surface area contributed by atoms with Gasteiger partial charge in [0.1, 0.15) is 16.5 Å². The second kappa shape index (κ2) is 8.80. The molecule has 7 heteroatoms. The second-order valence-corrected chi connectivity index (χ2v) is 8.31. The Bertz CT molecular complexity index is 959. The van der Waals surface area contributed by atoms with Crippen LogP contribution in [0.25, 0.3) is 0 Å². The van der Waals surface area contributed by atoms with Gasteiger partial charge in [-0.15, -0.1) is 11.3 Å². The monoisotopic (exact) mass is 410 g/mol. The standard InChI is InChI=1S/C22H26N4O2S/c1-16-5-3-7-20(17(16)2)26-10-8-25(9-11-26)14-21-24-19(15-29-21)22(27)23-13-18-6-4-12-28-18/h3-7,12,15H,8-11,13-14H2,1-2H3,(H,23,27). The minimum absolute atomic E-state index is 0.163. The Kier molecular flexibility index (Phi) is 5.97. The molecule has 1 fully saturated rings. The minimum Gasteiger partial charge on any atom is -0.467 e. The SMILES string of the molecule is Cc1cccc(N2CCN(Cc3nc(C(=O)NCc4ccco4)cs3)CC2)c1C. The molecule has 3 heterocycles. The zero-order valence-electron chi connectivity index (χ0n) is 16.9. The van der Waals surface area contributed by atoms with Crippen molar-refractivity contribution in [1.29, 1.82) is 0 Å². The molecule has 0 atom stereocenters. The first kappa shape index (κ1) is 19.7. The van der Waals surface area contributed by atoms with Crippen LogP contribution >= 0.6 is 11.3 Å². The number of piperazine rings is 1. The molecule has 0 unspecified atom stereocenters. The highest BCUT2D eigenvalue weighted by atomic mass is 32.1. The lowest BCUT2D eigenvalue weighted by Crippen LogP contribution is -2.46. The number of benzene rings is 1. The van der Waals surface area contributed by atoms with E-state index in [1.165, 1.54) is 16.8 Å². The molecular formula is C22H26N4O2S. The molecule has 0 aliphatic carbocycles. The van der Waals surface area contributed by atoms with E-state index in [0.717, 1.165) is 43.5 Å². The lowest BCUT2D eigenvalue weighted by molar-refractivity contribution is 0.0943. The predicted molar refractivity (Wildman–Crippen MR) is 115 cm³/mol. The smallest absolute Gasteiger partial charge is 0.271 e. The minimum atomic E-state index is -0.163. The Morgan fingerprint density at radius 3 is 2.76 bits per heavy atom. The van der Waals surface area contributed by atoms with E-state index in [1.807, 2.05) is 17.5 Å². The average Bonchev–Trinajstić information content (AvgIpc) is 3.41. The van der Waals surface area contributed by atoms with Crippen LogP contribution in [0.15, 0.2) is 46.4 Å². The number of aromatic nitrogens is 1. The summed E-state index contributed by atoms with van der Waals surface area (Å²) < 4.78 is 5.24. The molecular weight excluding hydrogens is 384 g/mol. The molecule has 4 rings (SSSR count). The number of hydrogen-bond acceptors (Lipinski definition) is 6. The van der Waals surface area contributed by atoms with Crippen LogP contribution in [-0.2, 0) is 13.1 Å². The van der Waals surface area contributed by atoms with Crippen molar-refractivity contribution in [2.75, 3.05) is 31.1 Å². The molecule has 1 aliphatic rings. The number of carbonyl (C=O) groups excluding carboxylic acids is 1. The maximum absolute atomic E-state index is 12.3. The van der Waals surface area contributed by atoms with Crippen molar-refractivity contribution in [3.63, 3.8) is 0 Å². The van der Waals surface area contributed by atoms with E-state index in [0.29, 0.717) is 12.2 Å². The van der Waals surface area contributed by atoms with E-state index in [2.05, 4.69) is 52.1 Å². The molecule has 29 heavy (non-hydrogen) atoms. The summed E-state index contributed by atoms with van der Waals surface area (Å²) in [5.74, 6) is 0.569. The van der Waals surface area contributed by atoms with Crippen LogP contribution in [0.4, 0.5) is 5.69 Å². The van der Waals surface area contributed by atoms with Gasteiger partial charge in [0.05, 0.1) is 19.4 Å². The van der Waals surface area contributed by atoms with Crippen LogP contribution < -0.4 is 10.2 Å². The number of thiazole rings is 1. The largest absolute Gasteiger partial charge is 0.467 e. The number of nitrogens with zero attached hydrogens (tertiary/aromatic N) is 3. The van der Waals surface area contributed by atoms with Gasteiger partial charge in [-0.1, -0.05) is 12.1 Å². The summed E-state index contributed by atoms with van der Waals surface area (Å²) in [6.07, 6.45) is 1.60. The maximum atomic E-state index is 12.3. The van der Waals surface area contributed by atoms with Gasteiger partial charge in [0.15, 0.2) is 0 Å². The van der Waals surface area contributed by atoms with Gasteiger partial charge in [0.2, 0.25) is 0 Å². The van der Waals surface area contributed by atoms with Gasteiger partial charge in [-0.2, -0.15) is 0 Å². The summed E-state index contributed by atoms with van der Waals surface area (Å²) >= 11 is 1.55. The number of rotatable bonds is 6. The number of carbonyl (C=O) groups is 1. The second-order valence-electron chi connectivity index (χ2n) is 7.37. The van der Waals surface area contributed by atoms with Crippen LogP contribution in [0, 0.1) is 13.8 Å². The van der Waals surface area contributed by atoms with Crippen molar-refractivity contribution in [3.8, 4) is 0 Å². The Morgan fingerprint density at radius 2 is 2.00 bits per heavy atom. The van der Waals surface area contributed by atoms with Crippen molar-refractivity contribution in [2.45, 2.75) is 26.9 Å². The van der Waals surface area contributed by atoms with Gasteiger partial charge in [-0.05, 0) is 43.2 Å². The zero-order chi connectivity index (χ0) is 20.2. The van der Waals surface area contributed by atoms with Crippen LogP contribution in [0.5, 0.6) is 0 Å². The van der Waals surface area contributed by atoms with Crippen molar-refractivity contribution in [1.82, 2.24) is 15.2 Å².